The summed E-state index contributed by atoms with van der Waals surface area (Å²) in [4.78, 5) is 13.8. The largest absolute Gasteiger partial charge is 0.468 e. The zero-order valence-corrected chi connectivity index (χ0v) is 10.6. The molecule has 0 aliphatic heterocycles. The number of aryl methyl sites for hydroxylation is 1. The Morgan fingerprint density at radius 1 is 1.71 bits per heavy atom. The van der Waals surface area contributed by atoms with Gasteiger partial charge in [-0.1, -0.05) is 0 Å². The van der Waals surface area contributed by atoms with Gasteiger partial charge in [-0.25, -0.2) is 0 Å². The van der Waals surface area contributed by atoms with E-state index in [2.05, 4.69) is 10.00 Å². The van der Waals surface area contributed by atoms with Crippen molar-refractivity contribution in [1.29, 1.82) is 0 Å². The van der Waals surface area contributed by atoms with Crippen molar-refractivity contribution in [3.63, 3.8) is 0 Å². The van der Waals surface area contributed by atoms with E-state index in [1.54, 1.807) is 4.68 Å². The first-order valence-electron chi connectivity index (χ1n) is 5.93. The van der Waals surface area contributed by atoms with Gasteiger partial charge in [-0.2, -0.15) is 5.10 Å². The fourth-order valence-electron chi connectivity index (χ4n) is 2.06. The fourth-order valence-corrected chi connectivity index (χ4v) is 2.06. The summed E-state index contributed by atoms with van der Waals surface area (Å²) in [6.07, 6.45) is 6.17. The van der Waals surface area contributed by atoms with E-state index in [-0.39, 0.29) is 12.0 Å². The van der Waals surface area contributed by atoms with Gasteiger partial charge in [-0.3, -0.25) is 14.4 Å². The summed E-state index contributed by atoms with van der Waals surface area (Å²) in [6, 6.07) is 0.331. The molecule has 5 heteroatoms. The van der Waals surface area contributed by atoms with Gasteiger partial charge in [0.05, 0.1) is 13.3 Å². The predicted octanol–water partition coefficient (Wildman–Crippen LogP) is 0.946. The number of ether oxygens (including phenoxy) is 1. The van der Waals surface area contributed by atoms with Crippen molar-refractivity contribution in [1.82, 2.24) is 14.7 Å². The molecule has 0 spiro atoms. The summed E-state index contributed by atoms with van der Waals surface area (Å²) in [6.45, 7) is 2.66. The highest BCUT2D eigenvalue weighted by Gasteiger charge is 2.35. The van der Waals surface area contributed by atoms with E-state index >= 15 is 0 Å². The highest BCUT2D eigenvalue weighted by molar-refractivity contribution is 5.75. The standard InChI is InChI=1S/C12H19N3O2/c1-9(12(16)17-3)15(11-4-5-11)8-10-6-13-14(2)7-10/h6-7,9,11H,4-5,8H2,1-3H3. The van der Waals surface area contributed by atoms with Gasteiger partial charge in [0.1, 0.15) is 6.04 Å². The molecule has 5 nitrogen and oxygen atoms in total. The van der Waals surface area contributed by atoms with Crippen LogP contribution in [0.25, 0.3) is 0 Å². The highest BCUT2D eigenvalue weighted by Crippen LogP contribution is 2.30. The second-order valence-corrected chi connectivity index (χ2v) is 4.62. The van der Waals surface area contributed by atoms with Crippen molar-refractivity contribution in [3.8, 4) is 0 Å². The Morgan fingerprint density at radius 2 is 2.41 bits per heavy atom. The molecular weight excluding hydrogens is 218 g/mol. The quantitative estimate of drug-likeness (QED) is 0.715. The molecule has 1 saturated carbocycles. The summed E-state index contributed by atoms with van der Waals surface area (Å²) < 4.78 is 6.59. The molecule has 0 amide bonds. The SMILES string of the molecule is COC(=O)C(C)N(Cc1cnn(C)c1)C1CC1. The zero-order chi connectivity index (χ0) is 12.4. The lowest BCUT2D eigenvalue weighted by Crippen LogP contribution is -2.40. The third-order valence-electron chi connectivity index (χ3n) is 3.18. The van der Waals surface area contributed by atoms with Crippen molar-refractivity contribution in [2.75, 3.05) is 7.11 Å². The predicted molar refractivity (Wildman–Crippen MR) is 63.3 cm³/mol. The lowest BCUT2D eigenvalue weighted by atomic mass is 10.2. The van der Waals surface area contributed by atoms with Crippen LogP contribution in [0.3, 0.4) is 0 Å². The first-order valence-corrected chi connectivity index (χ1v) is 5.93. The van der Waals surface area contributed by atoms with Crippen molar-refractivity contribution < 1.29 is 9.53 Å². The van der Waals surface area contributed by atoms with Crippen LogP contribution in [0.4, 0.5) is 0 Å². The van der Waals surface area contributed by atoms with Gasteiger partial charge in [0.15, 0.2) is 0 Å². The average molecular weight is 237 g/mol. The van der Waals surface area contributed by atoms with Crippen LogP contribution in [0.5, 0.6) is 0 Å². The maximum Gasteiger partial charge on any atom is 0.322 e. The minimum atomic E-state index is -0.187. The average Bonchev–Trinajstić information content (AvgIpc) is 3.08. The van der Waals surface area contributed by atoms with Gasteiger partial charge >= 0.3 is 5.97 Å². The molecular formula is C12H19N3O2. The van der Waals surface area contributed by atoms with E-state index in [9.17, 15) is 4.79 Å². The molecule has 94 valence electrons. The van der Waals surface area contributed by atoms with Crippen LogP contribution < -0.4 is 0 Å². The Morgan fingerprint density at radius 3 is 2.88 bits per heavy atom. The van der Waals surface area contributed by atoms with Crippen LogP contribution in [-0.4, -0.2) is 39.8 Å². The normalized spacial score (nSPS) is 17.2. The van der Waals surface area contributed by atoms with Gasteiger partial charge < -0.3 is 4.74 Å². The number of hydrogen-bond donors (Lipinski definition) is 0. The maximum absolute atomic E-state index is 11.6. The number of nitrogens with zero attached hydrogens (tertiary/aromatic N) is 3. The smallest absolute Gasteiger partial charge is 0.322 e. The van der Waals surface area contributed by atoms with E-state index in [0.29, 0.717) is 6.04 Å². The lowest BCUT2D eigenvalue weighted by Gasteiger charge is -2.26. The molecule has 1 unspecified atom stereocenters. The number of rotatable bonds is 5. The summed E-state index contributed by atoms with van der Waals surface area (Å²) in [5.74, 6) is -0.166. The molecule has 1 aromatic heterocycles. The van der Waals surface area contributed by atoms with E-state index in [4.69, 9.17) is 4.74 Å². The molecule has 0 bridgehead atoms. The monoisotopic (exact) mass is 237 g/mol. The van der Waals surface area contributed by atoms with E-state index < -0.39 is 0 Å². The minimum Gasteiger partial charge on any atom is -0.468 e. The van der Waals surface area contributed by atoms with Crippen molar-refractivity contribution >= 4 is 5.97 Å². The topological polar surface area (TPSA) is 47.4 Å². The van der Waals surface area contributed by atoms with Crippen molar-refractivity contribution in [2.24, 2.45) is 7.05 Å². The first kappa shape index (κ1) is 12.1. The molecule has 0 aromatic carbocycles. The van der Waals surface area contributed by atoms with Crippen LogP contribution in [0.1, 0.15) is 25.3 Å². The second kappa shape index (κ2) is 4.87. The van der Waals surface area contributed by atoms with E-state index in [0.717, 1.165) is 12.1 Å². The summed E-state index contributed by atoms with van der Waals surface area (Å²) in [7, 11) is 3.34. The number of carbonyl (C=O) groups excluding carboxylic acids is 1. The summed E-state index contributed by atoms with van der Waals surface area (Å²) in [5.41, 5.74) is 1.13. The van der Waals surface area contributed by atoms with Gasteiger partial charge in [0.25, 0.3) is 0 Å². The molecule has 2 rings (SSSR count). The molecule has 1 aromatic rings. The first-order chi connectivity index (χ1) is 8.11. The van der Waals surface area contributed by atoms with Crippen molar-refractivity contribution in [2.45, 2.75) is 38.4 Å². The number of aromatic nitrogens is 2. The van der Waals surface area contributed by atoms with Crippen molar-refractivity contribution in [3.05, 3.63) is 18.0 Å². The van der Waals surface area contributed by atoms with Gasteiger partial charge in [0, 0.05) is 31.4 Å². The van der Waals surface area contributed by atoms with Gasteiger partial charge in [0.2, 0.25) is 0 Å². The molecule has 0 saturated heterocycles. The van der Waals surface area contributed by atoms with Crippen LogP contribution in [0.2, 0.25) is 0 Å². The molecule has 17 heavy (non-hydrogen) atoms. The van der Waals surface area contributed by atoms with Gasteiger partial charge in [-0.05, 0) is 19.8 Å². The Kier molecular flexibility index (Phi) is 3.47. The van der Waals surface area contributed by atoms with Gasteiger partial charge in [-0.15, -0.1) is 0 Å². The minimum absolute atomic E-state index is 0.166. The Labute approximate surface area is 101 Å². The number of methoxy groups -OCH3 is 1. The second-order valence-electron chi connectivity index (χ2n) is 4.62. The zero-order valence-electron chi connectivity index (χ0n) is 10.6. The number of esters is 1. The highest BCUT2D eigenvalue weighted by atomic mass is 16.5. The lowest BCUT2D eigenvalue weighted by molar-refractivity contribution is -0.146. The third kappa shape index (κ3) is 2.85. The number of hydrogen-bond acceptors (Lipinski definition) is 4. The van der Waals surface area contributed by atoms with Crippen LogP contribution in [0.15, 0.2) is 12.4 Å². The Balaban J connectivity index is 2.04. The number of carbonyl (C=O) groups is 1. The van der Waals surface area contributed by atoms with Crippen LogP contribution in [0, 0.1) is 0 Å². The fraction of sp³-hybridized carbons (Fsp3) is 0.667. The molecule has 1 atom stereocenters. The maximum atomic E-state index is 11.6. The molecule has 1 fully saturated rings. The Hall–Kier alpha value is -1.36. The Bertz CT molecular complexity index is 398. The van der Waals surface area contributed by atoms with E-state index in [1.165, 1.54) is 20.0 Å². The van der Waals surface area contributed by atoms with Crippen LogP contribution >= 0.6 is 0 Å². The van der Waals surface area contributed by atoms with E-state index in [1.807, 2.05) is 26.4 Å². The molecule has 1 aliphatic carbocycles. The molecule has 1 aliphatic rings. The summed E-state index contributed by atoms with van der Waals surface area (Å²) >= 11 is 0. The molecule has 0 radical (unpaired) electrons. The third-order valence-corrected chi connectivity index (χ3v) is 3.18. The molecule has 1 heterocycles. The molecule has 0 N–H and O–H groups in total. The summed E-state index contributed by atoms with van der Waals surface area (Å²) in [5, 5.41) is 4.15. The van der Waals surface area contributed by atoms with Crippen LogP contribution in [-0.2, 0) is 23.1 Å².